The minimum absolute atomic E-state index is 0.00467. The van der Waals surface area contributed by atoms with Gasteiger partial charge in [0.05, 0.1) is 10.5 Å². The number of rotatable bonds is 6. The highest BCUT2D eigenvalue weighted by Gasteiger charge is 2.25. The van der Waals surface area contributed by atoms with Crippen molar-refractivity contribution >= 4 is 37.8 Å². The Morgan fingerprint density at radius 2 is 1.92 bits per heavy atom. The number of carbonyl (C=O) groups is 2. The maximum atomic E-state index is 12.4. The largest absolute Gasteiger partial charge is 0.452 e. The molecule has 0 aliphatic heterocycles. The Hall–Kier alpha value is -1.45. The van der Waals surface area contributed by atoms with Gasteiger partial charge in [0.15, 0.2) is 6.61 Å². The van der Waals surface area contributed by atoms with E-state index < -0.39 is 16.0 Å². The second-order valence-corrected chi connectivity index (χ2v) is 8.65. The number of esters is 1. The summed E-state index contributed by atoms with van der Waals surface area (Å²) in [6.45, 7) is 2.08. The van der Waals surface area contributed by atoms with Gasteiger partial charge in [-0.15, -0.1) is 0 Å². The van der Waals surface area contributed by atoms with E-state index in [9.17, 15) is 18.0 Å². The third-order valence-electron chi connectivity index (χ3n) is 4.49. The van der Waals surface area contributed by atoms with Gasteiger partial charge in [0.2, 0.25) is 10.0 Å². The monoisotopic (exact) mass is 446 g/mol. The fourth-order valence-electron chi connectivity index (χ4n) is 3.16. The summed E-state index contributed by atoms with van der Waals surface area (Å²) in [4.78, 5) is 26.3. The molecule has 1 amide bonds. The molecule has 0 radical (unpaired) electrons. The van der Waals surface area contributed by atoms with E-state index in [1.165, 1.54) is 18.6 Å². The molecule has 1 aliphatic rings. The average molecular weight is 447 g/mol. The second-order valence-electron chi connectivity index (χ2n) is 6.23. The van der Waals surface area contributed by atoms with Crippen LogP contribution in [0.15, 0.2) is 27.6 Å². The Kier molecular flexibility index (Phi) is 7.19. The third kappa shape index (κ3) is 5.28. The third-order valence-corrected chi connectivity index (χ3v) is 6.09. The number of primary sulfonamides is 1. The van der Waals surface area contributed by atoms with E-state index in [0.717, 1.165) is 31.7 Å². The zero-order chi connectivity index (χ0) is 19.3. The van der Waals surface area contributed by atoms with Crippen molar-refractivity contribution in [3.8, 4) is 0 Å². The molecule has 1 aliphatic carbocycles. The molecule has 7 nitrogen and oxygen atoms in total. The Morgan fingerprint density at radius 1 is 1.27 bits per heavy atom. The van der Waals surface area contributed by atoms with Crippen LogP contribution in [0.4, 0.5) is 0 Å². The second kappa shape index (κ2) is 8.96. The van der Waals surface area contributed by atoms with E-state index in [0.29, 0.717) is 11.0 Å². The molecular formula is C17H23BrN2O5S. The summed E-state index contributed by atoms with van der Waals surface area (Å²) in [6.07, 6.45) is 5.32. The molecular weight excluding hydrogens is 424 g/mol. The fraction of sp³-hybridized carbons (Fsp3) is 0.529. The van der Waals surface area contributed by atoms with Crippen molar-refractivity contribution in [1.82, 2.24) is 4.90 Å². The Labute approximate surface area is 162 Å². The maximum Gasteiger partial charge on any atom is 0.339 e. The van der Waals surface area contributed by atoms with Crippen molar-refractivity contribution < 1.29 is 22.7 Å². The lowest BCUT2D eigenvalue weighted by molar-refractivity contribution is -0.137. The number of carbonyl (C=O) groups excluding carboxylic acids is 2. The number of hydrogen-bond donors (Lipinski definition) is 1. The van der Waals surface area contributed by atoms with Gasteiger partial charge >= 0.3 is 5.97 Å². The number of amides is 1. The van der Waals surface area contributed by atoms with Crippen LogP contribution in [0.25, 0.3) is 0 Å². The van der Waals surface area contributed by atoms with Crippen molar-refractivity contribution in [2.75, 3.05) is 13.2 Å². The summed E-state index contributed by atoms with van der Waals surface area (Å²) in [5, 5.41) is 5.08. The highest BCUT2D eigenvalue weighted by atomic mass is 79.9. The van der Waals surface area contributed by atoms with E-state index in [1.807, 2.05) is 6.92 Å². The van der Waals surface area contributed by atoms with Crippen LogP contribution >= 0.6 is 15.9 Å². The standard InChI is InChI=1S/C17H23BrN2O5S/c1-2-20(12-6-4-3-5-7-12)16(21)11-25-17(22)14-10-13(26(19,23)24)8-9-15(14)18/h8-10,12H,2-7,11H2,1H3,(H2,19,23,24). The molecule has 1 saturated carbocycles. The number of sulfonamides is 1. The van der Waals surface area contributed by atoms with Crippen LogP contribution in [-0.2, 0) is 19.6 Å². The normalized spacial score (nSPS) is 15.5. The van der Waals surface area contributed by atoms with E-state index in [1.54, 1.807) is 4.90 Å². The lowest BCUT2D eigenvalue weighted by Crippen LogP contribution is -2.43. The molecule has 0 aromatic heterocycles. The van der Waals surface area contributed by atoms with Gasteiger partial charge in [-0.2, -0.15) is 0 Å². The molecule has 0 spiro atoms. The van der Waals surface area contributed by atoms with E-state index >= 15 is 0 Å². The topological polar surface area (TPSA) is 107 Å². The average Bonchev–Trinajstić information content (AvgIpc) is 2.60. The van der Waals surface area contributed by atoms with Gasteiger partial charge in [0.25, 0.3) is 5.91 Å². The van der Waals surface area contributed by atoms with Crippen LogP contribution in [0.3, 0.4) is 0 Å². The van der Waals surface area contributed by atoms with Crippen molar-refractivity contribution in [2.45, 2.75) is 50.0 Å². The highest BCUT2D eigenvalue weighted by molar-refractivity contribution is 9.10. The smallest absolute Gasteiger partial charge is 0.339 e. The first-order valence-electron chi connectivity index (χ1n) is 8.53. The number of nitrogens with zero attached hydrogens (tertiary/aromatic N) is 1. The zero-order valence-corrected chi connectivity index (χ0v) is 17.0. The molecule has 26 heavy (non-hydrogen) atoms. The van der Waals surface area contributed by atoms with Crippen LogP contribution < -0.4 is 5.14 Å². The van der Waals surface area contributed by atoms with Crippen LogP contribution in [0, 0.1) is 0 Å². The zero-order valence-electron chi connectivity index (χ0n) is 14.6. The molecule has 2 N–H and O–H groups in total. The molecule has 0 heterocycles. The van der Waals surface area contributed by atoms with Gasteiger partial charge in [0.1, 0.15) is 0 Å². The van der Waals surface area contributed by atoms with E-state index in [4.69, 9.17) is 9.88 Å². The van der Waals surface area contributed by atoms with E-state index in [2.05, 4.69) is 15.9 Å². The minimum Gasteiger partial charge on any atom is -0.452 e. The molecule has 0 bridgehead atoms. The molecule has 0 atom stereocenters. The van der Waals surface area contributed by atoms with Gasteiger partial charge in [0, 0.05) is 17.1 Å². The lowest BCUT2D eigenvalue weighted by Gasteiger charge is -2.33. The summed E-state index contributed by atoms with van der Waals surface area (Å²) in [7, 11) is -3.94. The van der Waals surface area contributed by atoms with Gasteiger partial charge in [-0.3, -0.25) is 4.79 Å². The number of ether oxygens (including phenoxy) is 1. The number of nitrogens with two attached hydrogens (primary N) is 1. The van der Waals surface area contributed by atoms with Crippen LogP contribution in [0.2, 0.25) is 0 Å². The number of benzene rings is 1. The molecule has 1 aromatic rings. The van der Waals surface area contributed by atoms with Gasteiger partial charge in [-0.05, 0) is 53.9 Å². The molecule has 0 saturated heterocycles. The lowest BCUT2D eigenvalue weighted by atomic mass is 9.94. The van der Waals surface area contributed by atoms with Gasteiger partial charge in [-0.25, -0.2) is 18.4 Å². The molecule has 1 aromatic carbocycles. The summed E-state index contributed by atoms with van der Waals surface area (Å²) < 4.78 is 28.4. The molecule has 0 unspecified atom stereocenters. The first-order valence-corrected chi connectivity index (χ1v) is 10.9. The Balaban J connectivity index is 2.04. The minimum atomic E-state index is -3.94. The molecule has 1 fully saturated rings. The summed E-state index contributed by atoms with van der Waals surface area (Å²) in [5.41, 5.74) is 0.00467. The molecule has 9 heteroatoms. The summed E-state index contributed by atoms with van der Waals surface area (Å²) in [5.74, 6) is -1.03. The van der Waals surface area contributed by atoms with Crippen LogP contribution in [0.5, 0.6) is 0 Å². The maximum absolute atomic E-state index is 12.4. The summed E-state index contributed by atoms with van der Waals surface area (Å²) >= 11 is 3.18. The van der Waals surface area contributed by atoms with Crippen molar-refractivity contribution in [1.29, 1.82) is 0 Å². The van der Waals surface area contributed by atoms with Crippen molar-refractivity contribution in [3.05, 3.63) is 28.2 Å². The predicted octanol–water partition coefficient (Wildman–Crippen LogP) is 2.43. The molecule has 2 rings (SSSR count). The first-order chi connectivity index (χ1) is 12.2. The van der Waals surface area contributed by atoms with Crippen molar-refractivity contribution in [2.24, 2.45) is 5.14 Å². The Bertz CT molecular complexity index is 775. The number of hydrogen-bond acceptors (Lipinski definition) is 5. The quantitative estimate of drug-likeness (QED) is 0.675. The van der Waals surface area contributed by atoms with Crippen LogP contribution in [-0.4, -0.2) is 44.4 Å². The summed E-state index contributed by atoms with van der Waals surface area (Å²) in [6, 6.07) is 4.00. The van der Waals surface area contributed by atoms with Crippen molar-refractivity contribution in [3.63, 3.8) is 0 Å². The molecule has 144 valence electrons. The fourth-order valence-corrected chi connectivity index (χ4v) is 4.10. The predicted molar refractivity (Wildman–Crippen MR) is 100 cm³/mol. The van der Waals surface area contributed by atoms with Gasteiger partial charge < -0.3 is 9.64 Å². The van der Waals surface area contributed by atoms with Crippen LogP contribution in [0.1, 0.15) is 49.4 Å². The SMILES string of the molecule is CCN(C(=O)COC(=O)c1cc(S(N)(=O)=O)ccc1Br)C1CCCCC1. The Morgan fingerprint density at radius 3 is 2.50 bits per heavy atom. The van der Waals surface area contributed by atoms with E-state index in [-0.39, 0.29) is 29.0 Å². The van der Waals surface area contributed by atoms with Gasteiger partial charge in [-0.1, -0.05) is 19.3 Å². The first kappa shape index (κ1) is 20.9. The number of halogens is 1. The highest BCUT2D eigenvalue weighted by Crippen LogP contribution is 2.23. The number of likely N-dealkylation sites (N-methyl/N-ethyl adjacent to an activating group) is 1.